The van der Waals surface area contributed by atoms with Gasteiger partial charge in [-0.05, 0) is 28.0 Å². The van der Waals surface area contributed by atoms with Gasteiger partial charge in [-0.1, -0.05) is 60.7 Å². The maximum absolute atomic E-state index is 12.7. The van der Waals surface area contributed by atoms with Crippen LogP contribution in [0.15, 0.2) is 96.4 Å². The molecule has 0 bridgehead atoms. The molecule has 1 aliphatic rings. The number of esters is 1. The van der Waals surface area contributed by atoms with Gasteiger partial charge < -0.3 is 15.2 Å². The molecular weight excluding hydrogens is 458 g/mol. The molecule has 8 heteroatoms. The standard InChI is InChI=1S/C28H19N3O5/c29-16-24-27(19-8-4-9-20(13-19)31(33)34)23-12-11-21(15-25(23)36-28(24)30)35-26(32)14-18-7-3-6-17-5-1-2-10-22(17)18/h1-13,15,27H,14,30H2. The number of nitrogens with two attached hydrogens (primary N) is 1. The van der Waals surface area contributed by atoms with Gasteiger partial charge >= 0.3 is 5.97 Å². The quantitative estimate of drug-likeness (QED) is 0.183. The molecule has 0 aromatic heterocycles. The van der Waals surface area contributed by atoms with E-state index in [4.69, 9.17) is 15.2 Å². The highest BCUT2D eigenvalue weighted by Crippen LogP contribution is 2.44. The highest BCUT2D eigenvalue weighted by Gasteiger charge is 2.32. The summed E-state index contributed by atoms with van der Waals surface area (Å²) in [5, 5.41) is 23.0. The number of benzene rings is 4. The van der Waals surface area contributed by atoms with Crippen molar-refractivity contribution in [2.24, 2.45) is 5.73 Å². The van der Waals surface area contributed by atoms with Gasteiger partial charge in [0.1, 0.15) is 23.1 Å². The Labute approximate surface area is 205 Å². The molecule has 0 spiro atoms. The van der Waals surface area contributed by atoms with Crippen molar-refractivity contribution in [3.05, 3.63) is 123 Å². The zero-order chi connectivity index (χ0) is 25.2. The molecule has 0 amide bonds. The number of carbonyl (C=O) groups excluding carboxylic acids is 1. The number of nitro groups is 1. The predicted molar refractivity (Wildman–Crippen MR) is 132 cm³/mol. The Morgan fingerprint density at radius 1 is 1.06 bits per heavy atom. The van der Waals surface area contributed by atoms with Gasteiger partial charge in [-0.2, -0.15) is 5.26 Å². The number of fused-ring (bicyclic) bond motifs is 2. The lowest BCUT2D eigenvalue weighted by Gasteiger charge is -2.26. The summed E-state index contributed by atoms with van der Waals surface area (Å²) in [6.07, 6.45) is 0.0796. The molecule has 0 saturated heterocycles. The number of nitro benzene ring substituents is 1. The molecule has 8 nitrogen and oxygen atoms in total. The van der Waals surface area contributed by atoms with E-state index in [0.717, 1.165) is 16.3 Å². The zero-order valence-corrected chi connectivity index (χ0v) is 18.9. The number of non-ortho nitro benzene ring substituents is 1. The molecule has 0 saturated carbocycles. The molecule has 4 aromatic carbocycles. The third kappa shape index (κ3) is 4.21. The second kappa shape index (κ2) is 9.24. The molecule has 1 unspecified atom stereocenters. The SMILES string of the molecule is N#CC1=C(N)Oc2cc(OC(=O)Cc3cccc4ccccc34)ccc2C1c1cccc([N+](=O)[O-])c1. The third-order valence-corrected chi connectivity index (χ3v) is 6.05. The van der Waals surface area contributed by atoms with Crippen LogP contribution in [0.5, 0.6) is 11.5 Å². The lowest BCUT2D eigenvalue weighted by molar-refractivity contribution is -0.384. The molecule has 5 rings (SSSR count). The first-order chi connectivity index (χ1) is 17.4. The van der Waals surface area contributed by atoms with E-state index in [1.54, 1.807) is 24.3 Å². The van der Waals surface area contributed by atoms with Gasteiger partial charge in [-0.15, -0.1) is 0 Å². The summed E-state index contributed by atoms with van der Waals surface area (Å²) < 4.78 is 11.3. The third-order valence-electron chi connectivity index (χ3n) is 6.05. The number of hydrogen-bond donors (Lipinski definition) is 1. The number of nitriles is 1. The van der Waals surface area contributed by atoms with Crippen molar-refractivity contribution in [3.63, 3.8) is 0 Å². The minimum atomic E-state index is -0.668. The average Bonchev–Trinajstić information content (AvgIpc) is 2.88. The summed E-state index contributed by atoms with van der Waals surface area (Å²) in [4.78, 5) is 23.5. The van der Waals surface area contributed by atoms with Gasteiger partial charge in [0.15, 0.2) is 0 Å². The van der Waals surface area contributed by atoms with Crippen LogP contribution in [0.2, 0.25) is 0 Å². The summed E-state index contributed by atoms with van der Waals surface area (Å²) >= 11 is 0. The van der Waals surface area contributed by atoms with Crippen LogP contribution in [0.3, 0.4) is 0 Å². The highest BCUT2D eigenvalue weighted by molar-refractivity contribution is 5.89. The van der Waals surface area contributed by atoms with E-state index in [1.807, 2.05) is 42.5 Å². The smallest absolute Gasteiger partial charge is 0.315 e. The first kappa shape index (κ1) is 22.6. The first-order valence-corrected chi connectivity index (χ1v) is 11.1. The van der Waals surface area contributed by atoms with E-state index in [-0.39, 0.29) is 29.3 Å². The molecular formula is C28H19N3O5. The monoisotopic (exact) mass is 477 g/mol. The van der Waals surface area contributed by atoms with E-state index in [9.17, 15) is 20.2 Å². The summed E-state index contributed by atoms with van der Waals surface area (Å²) in [7, 11) is 0. The Kier molecular flexibility index (Phi) is 5.80. The molecule has 1 heterocycles. The number of nitrogens with zero attached hydrogens (tertiary/aromatic N) is 2. The average molecular weight is 477 g/mol. The van der Waals surface area contributed by atoms with Gasteiger partial charge in [0.05, 0.1) is 17.3 Å². The number of hydrogen-bond acceptors (Lipinski definition) is 7. The number of rotatable bonds is 5. The van der Waals surface area contributed by atoms with E-state index < -0.39 is 16.8 Å². The minimum absolute atomic E-state index is 0.0796. The predicted octanol–water partition coefficient (Wildman–Crippen LogP) is 5.11. The minimum Gasteiger partial charge on any atom is -0.440 e. The van der Waals surface area contributed by atoms with Crippen molar-refractivity contribution in [1.29, 1.82) is 5.26 Å². The fourth-order valence-corrected chi connectivity index (χ4v) is 4.43. The second-order valence-electron chi connectivity index (χ2n) is 8.27. The summed E-state index contributed by atoms with van der Waals surface area (Å²) in [5.41, 5.74) is 8.02. The number of carbonyl (C=O) groups is 1. The van der Waals surface area contributed by atoms with Crippen molar-refractivity contribution < 1.29 is 19.2 Å². The molecule has 36 heavy (non-hydrogen) atoms. The number of allylic oxidation sites excluding steroid dienone is 1. The molecule has 0 radical (unpaired) electrons. The van der Waals surface area contributed by atoms with Crippen molar-refractivity contribution in [2.45, 2.75) is 12.3 Å². The van der Waals surface area contributed by atoms with Crippen LogP contribution in [0.4, 0.5) is 5.69 Å². The van der Waals surface area contributed by atoms with Crippen LogP contribution in [-0.2, 0) is 11.2 Å². The van der Waals surface area contributed by atoms with Crippen molar-refractivity contribution in [3.8, 4) is 17.6 Å². The van der Waals surface area contributed by atoms with Crippen LogP contribution >= 0.6 is 0 Å². The second-order valence-corrected chi connectivity index (χ2v) is 8.27. The molecule has 1 aliphatic heterocycles. The Morgan fingerprint density at radius 3 is 2.64 bits per heavy atom. The van der Waals surface area contributed by atoms with E-state index in [1.165, 1.54) is 18.2 Å². The maximum Gasteiger partial charge on any atom is 0.315 e. The van der Waals surface area contributed by atoms with Gasteiger partial charge in [0.25, 0.3) is 5.69 Å². The summed E-state index contributed by atoms with van der Waals surface area (Å²) in [6, 6.07) is 26.4. The molecule has 4 aromatic rings. The Morgan fingerprint density at radius 2 is 1.83 bits per heavy atom. The normalized spacial score (nSPS) is 14.5. The zero-order valence-electron chi connectivity index (χ0n) is 18.9. The Hall–Kier alpha value is -5.16. The van der Waals surface area contributed by atoms with E-state index >= 15 is 0 Å². The Bertz CT molecular complexity index is 1600. The van der Waals surface area contributed by atoms with Gasteiger partial charge in [-0.3, -0.25) is 14.9 Å². The molecule has 0 fully saturated rings. The molecule has 2 N–H and O–H groups in total. The fraction of sp³-hybridized carbons (Fsp3) is 0.0714. The molecule has 0 aliphatic carbocycles. The largest absolute Gasteiger partial charge is 0.440 e. The van der Waals surface area contributed by atoms with Crippen molar-refractivity contribution >= 4 is 22.4 Å². The maximum atomic E-state index is 12.7. The van der Waals surface area contributed by atoms with E-state index in [0.29, 0.717) is 16.9 Å². The molecule has 176 valence electrons. The van der Waals surface area contributed by atoms with Crippen LogP contribution in [-0.4, -0.2) is 10.9 Å². The van der Waals surface area contributed by atoms with Crippen LogP contribution in [0, 0.1) is 21.4 Å². The lowest BCUT2D eigenvalue weighted by atomic mass is 9.83. The lowest BCUT2D eigenvalue weighted by Crippen LogP contribution is -2.21. The topological polar surface area (TPSA) is 128 Å². The van der Waals surface area contributed by atoms with Gasteiger partial charge in [0, 0.05) is 23.8 Å². The van der Waals surface area contributed by atoms with Gasteiger partial charge in [0.2, 0.25) is 5.88 Å². The van der Waals surface area contributed by atoms with Crippen LogP contribution < -0.4 is 15.2 Å². The van der Waals surface area contributed by atoms with Gasteiger partial charge in [-0.25, -0.2) is 0 Å². The Balaban J connectivity index is 1.44. The van der Waals surface area contributed by atoms with Crippen molar-refractivity contribution in [1.82, 2.24) is 0 Å². The fourth-order valence-electron chi connectivity index (χ4n) is 4.43. The summed E-state index contributed by atoms with van der Waals surface area (Å²) in [6.45, 7) is 0. The number of ether oxygens (including phenoxy) is 2. The first-order valence-electron chi connectivity index (χ1n) is 11.1. The summed E-state index contributed by atoms with van der Waals surface area (Å²) in [5.74, 6) is -0.665. The molecule has 1 atom stereocenters. The van der Waals surface area contributed by atoms with Crippen LogP contribution in [0.1, 0.15) is 22.6 Å². The van der Waals surface area contributed by atoms with Crippen molar-refractivity contribution in [2.75, 3.05) is 0 Å². The highest BCUT2D eigenvalue weighted by atomic mass is 16.6. The van der Waals surface area contributed by atoms with E-state index in [2.05, 4.69) is 6.07 Å². The van der Waals surface area contributed by atoms with Crippen LogP contribution in [0.25, 0.3) is 10.8 Å².